The molecule has 0 aliphatic carbocycles. The lowest BCUT2D eigenvalue weighted by Gasteiger charge is -2.14. The van der Waals surface area contributed by atoms with Gasteiger partial charge < -0.3 is 4.74 Å². The molecule has 0 unspecified atom stereocenters. The third-order valence-corrected chi connectivity index (χ3v) is 5.93. The van der Waals surface area contributed by atoms with E-state index in [1.165, 1.54) is 12.1 Å². The number of hydrazine groups is 1. The molecule has 2 N–H and O–H groups in total. The van der Waals surface area contributed by atoms with E-state index >= 15 is 0 Å². The maximum atomic E-state index is 13.1. The van der Waals surface area contributed by atoms with Crippen LogP contribution < -0.4 is 20.6 Å². The topological polar surface area (TPSA) is 97.4 Å². The fourth-order valence-corrected chi connectivity index (χ4v) is 4.47. The molecular weight excluding hydrogens is 431 g/mol. The summed E-state index contributed by atoms with van der Waals surface area (Å²) in [5, 5.41) is 0.165. The van der Waals surface area contributed by atoms with Crippen molar-refractivity contribution in [3.8, 4) is 5.75 Å². The van der Waals surface area contributed by atoms with E-state index in [1.54, 1.807) is 19.1 Å². The third-order valence-electron chi connectivity index (χ3n) is 3.68. The standard InChI is InChI=1S/C17H14F3N3O4S2/c1-2-27-10-7-8-11-13(9-10)28-16(21-15(11)24)22-23-29(25,26)14-6-4-3-5-12(14)17(18,19)20/h3-9,23H,2H2,1H3,(H,21,22,24). The number of hydrogen-bond donors (Lipinski definition) is 2. The van der Waals surface area contributed by atoms with E-state index in [-0.39, 0.29) is 5.13 Å². The quantitative estimate of drug-likeness (QED) is 0.565. The lowest BCUT2D eigenvalue weighted by molar-refractivity contribution is -0.139. The highest BCUT2D eigenvalue weighted by atomic mass is 32.2. The van der Waals surface area contributed by atoms with Gasteiger partial charge in [-0.1, -0.05) is 23.5 Å². The number of anilines is 1. The summed E-state index contributed by atoms with van der Waals surface area (Å²) in [6, 6.07) is 8.47. The Morgan fingerprint density at radius 1 is 1.17 bits per heavy atom. The molecule has 1 aromatic heterocycles. The first-order chi connectivity index (χ1) is 13.6. The van der Waals surface area contributed by atoms with Crippen molar-refractivity contribution in [2.24, 2.45) is 0 Å². The first-order valence-electron chi connectivity index (χ1n) is 8.13. The van der Waals surface area contributed by atoms with Gasteiger partial charge in [-0.25, -0.2) is 8.42 Å². The van der Waals surface area contributed by atoms with Crippen LogP contribution in [0.15, 0.2) is 52.2 Å². The van der Waals surface area contributed by atoms with Gasteiger partial charge in [0.2, 0.25) is 5.13 Å². The molecule has 0 fully saturated rings. The highest BCUT2D eigenvalue weighted by Crippen LogP contribution is 2.34. The Bertz CT molecular complexity index is 1210. The number of hydrogen-bond acceptors (Lipinski definition) is 7. The molecule has 0 spiro atoms. The van der Waals surface area contributed by atoms with Crippen molar-refractivity contribution in [1.29, 1.82) is 0 Å². The molecule has 2 aromatic carbocycles. The number of rotatable bonds is 6. The average molecular weight is 445 g/mol. The maximum absolute atomic E-state index is 13.1. The fourth-order valence-electron chi connectivity index (χ4n) is 2.45. The van der Waals surface area contributed by atoms with Crippen molar-refractivity contribution in [3.05, 3.63) is 58.4 Å². The van der Waals surface area contributed by atoms with Gasteiger partial charge in [-0.3, -0.25) is 10.2 Å². The van der Waals surface area contributed by atoms with E-state index in [4.69, 9.17) is 4.74 Å². The Balaban J connectivity index is 1.91. The van der Waals surface area contributed by atoms with Crippen molar-refractivity contribution in [1.82, 2.24) is 9.82 Å². The monoisotopic (exact) mass is 445 g/mol. The predicted molar refractivity (Wildman–Crippen MR) is 102 cm³/mol. The Hall–Kier alpha value is -2.70. The molecule has 7 nitrogen and oxygen atoms in total. The molecule has 3 aromatic rings. The normalized spacial score (nSPS) is 12.1. The molecule has 0 bridgehead atoms. The van der Waals surface area contributed by atoms with Gasteiger partial charge in [0.05, 0.1) is 22.5 Å². The number of aromatic nitrogens is 1. The molecule has 0 saturated carbocycles. The highest BCUT2D eigenvalue weighted by Gasteiger charge is 2.36. The van der Waals surface area contributed by atoms with Gasteiger partial charge in [-0.2, -0.15) is 18.2 Å². The molecule has 3 rings (SSSR count). The first-order valence-corrected chi connectivity index (χ1v) is 10.4. The van der Waals surface area contributed by atoms with Crippen LogP contribution in [0.4, 0.5) is 18.3 Å². The van der Waals surface area contributed by atoms with Crippen LogP contribution in [0.25, 0.3) is 10.1 Å². The predicted octanol–water partition coefficient (Wildman–Crippen LogP) is 3.38. The molecule has 1 heterocycles. The van der Waals surface area contributed by atoms with Crippen LogP contribution in [-0.4, -0.2) is 20.0 Å². The smallest absolute Gasteiger partial charge is 0.417 e. The largest absolute Gasteiger partial charge is 0.494 e. The Kier molecular flexibility index (Phi) is 5.78. The Morgan fingerprint density at radius 2 is 1.90 bits per heavy atom. The van der Waals surface area contributed by atoms with Crippen LogP contribution in [0.2, 0.25) is 0 Å². The minimum absolute atomic E-state index is 0.135. The Morgan fingerprint density at radius 3 is 2.59 bits per heavy atom. The van der Waals surface area contributed by atoms with Crippen LogP contribution in [0, 0.1) is 0 Å². The van der Waals surface area contributed by atoms with Gasteiger partial charge in [0, 0.05) is 4.70 Å². The Labute approximate surface area is 167 Å². The minimum atomic E-state index is -4.85. The SMILES string of the molecule is CCOc1ccc2c(=O)nc(NNS(=O)(=O)c3ccccc3C(F)(F)F)sc2c1. The zero-order chi connectivity index (χ0) is 21.2. The number of fused-ring (bicyclic) bond motifs is 1. The van der Waals surface area contributed by atoms with Gasteiger partial charge in [-0.05, 0) is 37.3 Å². The third kappa shape index (κ3) is 4.66. The number of ether oxygens (including phenoxy) is 1. The molecule has 12 heteroatoms. The summed E-state index contributed by atoms with van der Waals surface area (Å²) in [6.07, 6.45) is -4.85. The number of nitrogens with one attached hydrogen (secondary N) is 2. The number of nitrogens with zero attached hydrogens (tertiary/aromatic N) is 1. The molecule has 0 aliphatic rings. The summed E-state index contributed by atoms with van der Waals surface area (Å²) >= 11 is 0.935. The first kappa shape index (κ1) is 21.0. The van der Waals surface area contributed by atoms with E-state index < -0.39 is 32.2 Å². The van der Waals surface area contributed by atoms with Gasteiger partial charge in [0.15, 0.2) is 0 Å². The van der Waals surface area contributed by atoms with Crippen molar-refractivity contribution >= 4 is 36.6 Å². The van der Waals surface area contributed by atoms with Gasteiger partial charge >= 0.3 is 6.18 Å². The lowest BCUT2D eigenvalue weighted by Crippen LogP contribution is -2.32. The van der Waals surface area contributed by atoms with Crippen molar-refractivity contribution in [3.63, 3.8) is 0 Å². The number of alkyl halides is 3. The summed E-state index contributed by atoms with van der Waals surface area (Å²) < 4.78 is 69.8. The lowest BCUT2D eigenvalue weighted by atomic mass is 10.2. The van der Waals surface area contributed by atoms with Crippen molar-refractivity contribution in [2.45, 2.75) is 18.0 Å². The summed E-state index contributed by atoms with van der Waals surface area (Å²) in [6.45, 7) is 2.20. The number of halogens is 3. The van der Waals surface area contributed by atoms with E-state index in [0.29, 0.717) is 28.5 Å². The zero-order valence-electron chi connectivity index (χ0n) is 14.8. The minimum Gasteiger partial charge on any atom is -0.494 e. The number of sulfonamides is 1. The van der Waals surface area contributed by atoms with Crippen molar-refractivity contribution in [2.75, 3.05) is 12.0 Å². The second-order valence-corrected chi connectivity index (χ2v) is 8.32. The van der Waals surface area contributed by atoms with Crippen LogP contribution in [0.5, 0.6) is 5.75 Å². The van der Waals surface area contributed by atoms with E-state index in [2.05, 4.69) is 10.4 Å². The molecule has 29 heavy (non-hydrogen) atoms. The van der Waals surface area contributed by atoms with Crippen molar-refractivity contribution < 1.29 is 26.3 Å². The molecular formula is C17H14F3N3O4S2. The van der Waals surface area contributed by atoms with Gasteiger partial charge in [-0.15, -0.1) is 4.83 Å². The number of benzene rings is 2. The van der Waals surface area contributed by atoms with Crippen LogP contribution in [0.1, 0.15) is 12.5 Å². The molecule has 0 atom stereocenters. The molecule has 0 amide bonds. The van der Waals surface area contributed by atoms with Gasteiger partial charge in [0.1, 0.15) is 5.75 Å². The van der Waals surface area contributed by atoms with E-state index in [0.717, 1.165) is 23.5 Å². The van der Waals surface area contributed by atoms with Crippen LogP contribution in [0.3, 0.4) is 0 Å². The summed E-state index contributed by atoms with van der Waals surface area (Å²) in [5.74, 6) is 0.507. The second kappa shape index (κ2) is 7.97. The zero-order valence-corrected chi connectivity index (χ0v) is 16.4. The molecule has 0 aliphatic heterocycles. The van der Waals surface area contributed by atoms with E-state index in [9.17, 15) is 26.4 Å². The highest BCUT2D eigenvalue weighted by molar-refractivity contribution is 7.89. The fraction of sp³-hybridized carbons (Fsp3) is 0.176. The van der Waals surface area contributed by atoms with Crippen LogP contribution in [-0.2, 0) is 16.2 Å². The maximum Gasteiger partial charge on any atom is 0.417 e. The van der Waals surface area contributed by atoms with Crippen LogP contribution >= 0.6 is 11.3 Å². The molecule has 154 valence electrons. The molecule has 0 radical (unpaired) electrons. The summed E-state index contributed by atoms with van der Waals surface area (Å²) in [4.78, 5) is 16.7. The molecule has 0 saturated heterocycles. The second-order valence-electron chi connectivity index (χ2n) is 5.64. The summed E-state index contributed by atoms with van der Waals surface area (Å²) in [7, 11) is -4.60. The van der Waals surface area contributed by atoms with Gasteiger partial charge in [0.25, 0.3) is 15.6 Å². The van der Waals surface area contributed by atoms with E-state index in [1.807, 2.05) is 4.83 Å². The summed E-state index contributed by atoms with van der Waals surface area (Å²) in [5.41, 5.74) is 0.272. The average Bonchev–Trinajstić information content (AvgIpc) is 2.66.